The summed E-state index contributed by atoms with van der Waals surface area (Å²) in [6, 6.07) is 8.26. The standard InChI is InChI=1S/C18H15Cl2FN2O4/c1-10-5-6-13(19)17(16(10)20)23-14(24)9-27-15(25)8-22-18(26)11-3-2-4-12(21)7-11/h2-7H,8-9H2,1H3,(H,22,26)(H,23,24). The third kappa shape index (κ3) is 5.94. The van der Waals surface area contributed by atoms with Crippen molar-refractivity contribution >= 4 is 46.7 Å². The monoisotopic (exact) mass is 412 g/mol. The van der Waals surface area contributed by atoms with E-state index < -0.39 is 36.8 Å². The van der Waals surface area contributed by atoms with E-state index in [0.717, 1.165) is 6.07 Å². The van der Waals surface area contributed by atoms with Gasteiger partial charge >= 0.3 is 5.97 Å². The molecule has 0 aliphatic rings. The average Bonchev–Trinajstić information content (AvgIpc) is 2.64. The molecule has 0 saturated carbocycles. The summed E-state index contributed by atoms with van der Waals surface area (Å²) in [6.07, 6.45) is 0. The van der Waals surface area contributed by atoms with Crippen LogP contribution in [0.3, 0.4) is 0 Å². The van der Waals surface area contributed by atoms with Crippen molar-refractivity contribution in [1.29, 1.82) is 0 Å². The van der Waals surface area contributed by atoms with Crippen LogP contribution in [0.5, 0.6) is 0 Å². The van der Waals surface area contributed by atoms with Gasteiger partial charge in [-0.05, 0) is 36.8 Å². The van der Waals surface area contributed by atoms with Crippen molar-refractivity contribution in [2.75, 3.05) is 18.5 Å². The molecule has 2 N–H and O–H groups in total. The smallest absolute Gasteiger partial charge is 0.325 e. The highest BCUT2D eigenvalue weighted by Crippen LogP contribution is 2.32. The number of carbonyl (C=O) groups is 3. The lowest BCUT2D eigenvalue weighted by molar-refractivity contribution is -0.146. The van der Waals surface area contributed by atoms with E-state index in [1.807, 2.05) is 0 Å². The zero-order valence-electron chi connectivity index (χ0n) is 14.1. The van der Waals surface area contributed by atoms with E-state index in [1.54, 1.807) is 19.1 Å². The Kier molecular flexibility index (Phi) is 7.15. The highest BCUT2D eigenvalue weighted by Gasteiger charge is 2.14. The summed E-state index contributed by atoms with van der Waals surface area (Å²) in [5, 5.41) is 5.26. The third-order valence-corrected chi connectivity index (χ3v) is 4.19. The molecule has 0 radical (unpaired) electrons. The molecule has 0 saturated heterocycles. The molecule has 2 rings (SSSR count). The molecule has 6 nitrogen and oxygen atoms in total. The Morgan fingerprint density at radius 3 is 2.59 bits per heavy atom. The third-order valence-electron chi connectivity index (χ3n) is 3.39. The number of hydrogen-bond donors (Lipinski definition) is 2. The van der Waals surface area contributed by atoms with Gasteiger partial charge in [0.2, 0.25) is 0 Å². The van der Waals surface area contributed by atoms with E-state index in [1.165, 1.54) is 18.2 Å². The first-order valence-electron chi connectivity index (χ1n) is 7.71. The second-order valence-corrected chi connectivity index (χ2v) is 6.24. The maximum Gasteiger partial charge on any atom is 0.325 e. The lowest BCUT2D eigenvalue weighted by Crippen LogP contribution is -2.32. The summed E-state index contributed by atoms with van der Waals surface area (Å²) in [5.41, 5.74) is 0.997. The molecule has 2 aromatic carbocycles. The summed E-state index contributed by atoms with van der Waals surface area (Å²) >= 11 is 12.1. The number of carbonyl (C=O) groups excluding carboxylic acids is 3. The highest BCUT2D eigenvalue weighted by molar-refractivity contribution is 6.40. The van der Waals surface area contributed by atoms with Crippen molar-refractivity contribution in [3.05, 3.63) is 63.4 Å². The molecule has 9 heteroatoms. The van der Waals surface area contributed by atoms with Crippen molar-refractivity contribution < 1.29 is 23.5 Å². The molecule has 0 aromatic heterocycles. The predicted molar refractivity (Wildman–Crippen MR) is 99.5 cm³/mol. The van der Waals surface area contributed by atoms with Crippen LogP contribution in [-0.2, 0) is 14.3 Å². The van der Waals surface area contributed by atoms with Crippen LogP contribution in [0.1, 0.15) is 15.9 Å². The number of nitrogens with one attached hydrogen (secondary N) is 2. The number of rotatable bonds is 6. The Balaban J connectivity index is 1.81. The van der Waals surface area contributed by atoms with Crippen LogP contribution in [0.4, 0.5) is 10.1 Å². The number of ether oxygens (including phenoxy) is 1. The molecule has 0 fully saturated rings. The van der Waals surface area contributed by atoms with E-state index in [4.69, 9.17) is 27.9 Å². The minimum absolute atomic E-state index is 0.0595. The van der Waals surface area contributed by atoms with Crippen molar-refractivity contribution in [1.82, 2.24) is 5.32 Å². The maximum atomic E-state index is 13.1. The summed E-state index contributed by atoms with van der Waals surface area (Å²) in [4.78, 5) is 35.3. The molecule has 0 atom stereocenters. The van der Waals surface area contributed by atoms with Gasteiger partial charge in [0.05, 0.1) is 15.7 Å². The second kappa shape index (κ2) is 9.34. The van der Waals surface area contributed by atoms with Gasteiger partial charge in [0.15, 0.2) is 6.61 Å². The quantitative estimate of drug-likeness (QED) is 0.712. The number of amides is 2. The van der Waals surface area contributed by atoms with Crippen molar-refractivity contribution in [3.63, 3.8) is 0 Å². The first-order valence-corrected chi connectivity index (χ1v) is 8.47. The van der Waals surface area contributed by atoms with E-state index in [0.29, 0.717) is 5.56 Å². The van der Waals surface area contributed by atoms with Gasteiger partial charge in [-0.1, -0.05) is 35.3 Å². The second-order valence-electron chi connectivity index (χ2n) is 5.46. The Bertz CT molecular complexity index is 890. The van der Waals surface area contributed by atoms with Crippen molar-refractivity contribution in [3.8, 4) is 0 Å². The molecular formula is C18H15Cl2FN2O4. The molecule has 2 amide bonds. The molecule has 2 aromatic rings. The van der Waals surface area contributed by atoms with E-state index >= 15 is 0 Å². The van der Waals surface area contributed by atoms with Crippen LogP contribution in [0.2, 0.25) is 10.0 Å². The van der Waals surface area contributed by atoms with Gasteiger partial charge in [-0.2, -0.15) is 0 Å². The highest BCUT2D eigenvalue weighted by atomic mass is 35.5. The number of esters is 1. The van der Waals surface area contributed by atoms with Crippen LogP contribution in [0.15, 0.2) is 36.4 Å². The summed E-state index contributed by atoms with van der Waals surface area (Å²) in [7, 11) is 0. The molecule has 142 valence electrons. The average molecular weight is 413 g/mol. The minimum atomic E-state index is -0.837. The van der Waals surface area contributed by atoms with E-state index in [9.17, 15) is 18.8 Å². The van der Waals surface area contributed by atoms with Crippen LogP contribution in [0.25, 0.3) is 0 Å². The minimum Gasteiger partial charge on any atom is -0.454 e. The molecule has 0 unspecified atom stereocenters. The van der Waals surface area contributed by atoms with E-state index in [2.05, 4.69) is 10.6 Å². The number of halogens is 3. The van der Waals surface area contributed by atoms with Crippen LogP contribution in [-0.4, -0.2) is 30.9 Å². The van der Waals surface area contributed by atoms with E-state index in [-0.39, 0.29) is 21.3 Å². The SMILES string of the molecule is Cc1ccc(Cl)c(NC(=O)COC(=O)CNC(=O)c2cccc(F)c2)c1Cl. The van der Waals surface area contributed by atoms with Crippen molar-refractivity contribution in [2.45, 2.75) is 6.92 Å². The van der Waals surface area contributed by atoms with Gasteiger partial charge in [-0.25, -0.2) is 4.39 Å². The normalized spacial score (nSPS) is 10.2. The molecule has 0 bridgehead atoms. The molecule has 0 heterocycles. The molecular weight excluding hydrogens is 398 g/mol. The Hall–Kier alpha value is -2.64. The predicted octanol–water partition coefficient (Wildman–Crippen LogP) is 3.35. The number of benzene rings is 2. The number of anilines is 1. The van der Waals surface area contributed by atoms with Crippen molar-refractivity contribution in [2.24, 2.45) is 0 Å². The van der Waals surface area contributed by atoms with Crippen LogP contribution >= 0.6 is 23.2 Å². The maximum absolute atomic E-state index is 13.1. The number of hydrogen-bond acceptors (Lipinski definition) is 4. The Morgan fingerprint density at radius 1 is 1.15 bits per heavy atom. The Labute approximate surface area is 164 Å². The largest absolute Gasteiger partial charge is 0.454 e. The molecule has 0 aliphatic carbocycles. The van der Waals surface area contributed by atoms with Gasteiger partial charge in [0, 0.05) is 5.56 Å². The first-order chi connectivity index (χ1) is 12.8. The zero-order chi connectivity index (χ0) is 20.0. The van der Waals surface area contributed by atoms with Gasteiger partial charge in [0.1, 0.15) is 12.4 Å². The van der Waals surface area contributed by atoms with Crippen LogP contribution in [0, 0.1) is 12.7 Å². The van der Waals surface area contributed by atoms with Gasteiger partial charge in [-0.15, -0.1) is 0 Å². The fourth-order valence-electron chi connectivity index (χ4n) is 2.03. The van der Waals surface area contributed by atoms with Crippen LogP contribution < -0.4 is 10.6 Å². The molecule has 0 aliphatic heterocycles. The fourth-order valence-corrected chi connectivity index (χ4v) is 2.49. The Morgan fingerprint density at radius 2 is 1.89 bits per heavy atom. The fraction of sp³-hybridized carbons (Fsp3) is 0.167. The molecule has 27 heavy (non-hydrogen) atoms. The molecule has 0 spiro atoms. The topological polar surface area (TPSA) is 84.5 Å². The van der Waals surface area contributed by atoms with Gasteiger partial charge < -0.3 is 15.4 Å². The lowest BCUT2D eigenvalue weighted by atomic mass is 10.2. The summed E-state index contributed by atoms with van der Waals surface area (Å²) in [6.45, 7) is 0.680. The van der Waals surface area contributed by atoms with Gasteiger partial charge in [-0.3, -0.25) is 14.4 Å². The summed E-state index contributed by atoms with van der Waals surface area (Å²) in [5.74, 6) is -2.70. The lowest BCUT2D eigenvalue weighted by Gasteiger charge is -2.11. The zero-order valence-corrected chi connectivity index (χ0v) is 15.7. The first kappa shape index (κ1) is 20.7. The van der Waals surface area contributed by atoms with Gasteiger partial charge in [0.25, 0.3) is 11.8 Å². The number of aryl methyl sites for hydroxylation is 1. The summed E-state index contributed by atoms with van der Waals surface area (Å²) < 4.78 is 17.8.